The molecule has 0 spiro atoms. The smallest absolute Gasteiger partial charge is 0.269 e. The molecule has 0 bridgehead atoms. The predicted octanol–water partition coefficient (Wildman–Crippen LogP) is 0.383. The SMILES string of the molecule is CCN(CC)C(=O)CS(=O)(=O)c1nc2nc(C)cc(C)n2n1. The van der Waals surface area contributed by atoms with Crippen LogP contribution in [0.3, 0.4) is 0 Å². The molecule has 22 heavy (non-hydrogen) atoms. The number of hydrogen-bond acceptors (Lipinski definition) is 6. The summed E-state index contributed by atoms with van der Waals surface area (Å²) in [6.45, 7) is 8.10. The first-order valence-corrected chi connectivity index (χ1v) is 8.65. The molecule has 0 aliphatic carbocycles. The number of carbonyl (C=O) groups excluding carboxylic acids is 1. The number of aryl methyl sites for hydroxylation is 2. The zero-order valence-electron chi connectivity index (χ0n) is 13.1. The van der Waals surface area contributed by atoms with Crippen molar-refractivity contribution in [1.29, 1.82) is 0 Å². The summed E-state index contributed by atoms with van der Waals surface area (Å²) >= 11 is 0. The highest BCUT2D eigenvalue weighted by Gasteiger charge is 2.27. The van der Waals surface area contributed by atoms with Crippen LogP contribution in [-0.4, -0.2) is 57.6 Å². The Kier molecular flexibility index (Phi) is 4.45. The van der Waals surface area contributed by atoms with E-state index in [1.54, 1.807) is 33.8 Å². The fraction of sp³-hybridized carbons (Fsp3) is 0.538. The van der Waals surface area contributed by atoms with Crippen molar-refractivity contribution in [2.45, 2.75) is 32.9 Å². The normalized spacial score (nSPS) is 11.8. The van der Waals surface area contributed by atoms with Crippen molar-refractivity contribution in [1.82, 2.24) is 24.5 Å². The monoisotopic (exact) mass is 325 g/mol. The summed E-state index contributed by atoms with van der Waals surface area (Å²) in [7, 11) is -3.89. The molecular formula is C13H19N5O3S. The van der Waals surface area contributed by atoms with Gasteiger partial charge in [0, 0.05) is 24.5 Å². The molecule has 0 radical (unpaired) electrons. The fourth-order valence-electron chi connectivity index (χ4n) is 2.17. The molecule has 0 saturated carbocycles. The first-order chi connectivity index (χ1) is 10.3. The van der Waals surface area contributed by atoms with Crippen molar-refractivity contribution >= 4 is 21.5 Å². The van der Waals surface area contributed by atoms with Crippen LogP contribution in [0.2, 0.25) is 0 Å². The number of sulfone groups is 1. The molecule has 2 aromatic heterocycles. The molecule has 0 aliphatic heterocycles. The molecule has 0 unspecified atom stereocenters. The van der Waals surface area contributed by atoms with Crippen molar-refractivity contribution in [3.63, 3.8) is 0 Å². The standard InChI is InChI=1S/C13H19N5O3S/c1-5-17(6-2)11(19)8-22(20,21)13-15-12-14-9(3)7-10(4)18(12)16-13/h7H,5-6,8H2,1-4H3. The van der Waals surface area contributed by atoms with Crippen LogP contribution in [0.25, 0.3) is 5.78 Å². The van der Waals surface area contributed by atoms with E-state index in [0.29, 0.717) is 13.1 Å². The Morgan fingerprint density at radius 1 is 1.23 bits per heavy atom. The molecule has 0 atom stereocenters. The van der Waals surface area contributed by atoms with Gasteiger partial charge in [0.1, 0.15) is 5.75 Å². The first-order valence-electron chi connectivity index (χ1n) is 7.00. The number of nitrogens with zero attached hydrogens (tertiary/aromatic N) is 5. The van der Waals surface area contributed by atoms with Crippen LogP contribution in [0.1, 0.15) is 25.2 Å². The lowest BCUT2D eigenvalue weighted by Gasteiger charge is -2.17. The number of fused-ring (bicyclic) bond motifs is 1. The Morgan fingerprint density at radius 2 is 1.86 bits per heavy atom. The van der Waals surface area contributed by atoms with Gasteiger partial charge in [-0.2, -0.15) is 4.98 Å². The minimum Gasteiger partial charge on any atom is -0.342 e. The summed E-state index contributed by atoms with van der Waals surface area (Å²) < 4.78 is 26.0. The zero-order valence-corrected chi connectivity index (χ0v) is 13.9. The molecule has 9 heteroatoms. The third-order valence-electron chi connectivity index (χ3n) is 3.31. The number of rotatable bonds is 5. The van der Waals surface area contributed by atoms with Crippen LogP contribution >= 0.6 is 0 Å². The van der Waals surface area contributed by atoms with Gasteiger partial charge in [-0.05, 0) is 33.8 Å². The largest absolute Gasteiger partial charge is 0.342 e. The third-order valence-corrected chi connectivity index (χ3v) is 4.66. The minimum atomic E-state index is -3.89. The molecule has 0 aliphatic rings. The van der Waals surface area contributed by atoms with Gasteiger partial charge in [0.15, 0.2) is 0 Å². The van der Waals surface area contributed by atoms with Crippen molar-refractivity contribution < 1.29 is 13.2 Å². The number of amides is 1. The molecular weight excluding hydrogens is 306 g/mol. The molecule has 0 saturated heterocycles. The molecule has 0 aromatic carbocycles. The molecule has 2 rings (SSSR count). The van der Waals surface area contributed by atoms with Gasteiger partial charge in [0.2, 0.25) is 15.7 Å². The lowest BCUT2D eigenvalue weighted by atomic mass is 10.4. The summed E-state index contributed by atoms with van der Waals surface area (Å²) in [6.07, 6.45) is 0. The average Bonchev–Trinajstić information content (AvgIpc) is 2.84. The van der Waals surface area contributed by atoms with E-state index in [1.807, 2.05) is 0 Å². The highest BCUT2D eigenvalue weighted by molar-refractivity contribution is 7.91. The molecule has 0 fully saturated rings. The van der Waals surface area contributed by atoms with Crippen molar-refractivity contribution in [3.8, 4) is 0 Å². The molecule has 1 amide bonds. The van der Waals surface area contributed by atoms with E-state index in [9.17, 15) is 13.2 Å². The van der Waals surface area contributed by atoms with Crippen LogP contribution < -0.4 is 0 Å². The molecule has 8 nitrogen and oxygen atoms in total. The van der Waals surface area contributed by atoms with Crippen LogP contribution in [0.4, 0.5) is 0 Å². The summed E-state index contributed by atoms with van der Waals surface area (Å²) in [6, 6.07) is 1.78. The third kappa shape index (κ3) is 3.08. The maximum absolute atomic E-state index is 12.3. The van der Waals surface area contributed by atoms with Gasteiger partial charge in [-0.3, -0.25) is 4.79 Å². The van der Waals surface area contributed by atoms with Crippen LogP contribution in [0.15, 0.2) is 11.2 Å². The van der Waals surface area contributed by atoms with E-state index in [1.165, 1.54) is 9.42 Å². The summed E-state index contributed by atoms with van der Waals surface area (Å²) in [5, 5.41) is 3.61. The van der Waals surface area contributed by atoms with E-state index in [4.69, 9.17) is 0 Å². The van der Waals surface area contributed by atoms with Crippen molar-refractivity contribution in [3.05, 3.63) is 17.5 Å². The number of aromatic nitrogens is 4. The Hall–Kier alpha value is -2.03. The van der Waals surface area contributed by atoms with E-state index in [2.05, 4.69) is 15.1 Å². The van der Waals surface area contributed by atoms with Gasteiger partial charge in [-0.15, -0.1) is 5.10 Å². The zero-order chi connectivity index (χ0) is 16.5. The predicted molar refractivity (Wildman–Crippen MR) is 80.2 cm³/mol. The van der Waals surface area contributed by atoms with Crippen molar-refractivity contribution in [2.75, 3.05) is 18.8 Å². The van der Waals surface area contributed by atoms with Gasteiger partial charge in [-0.25, -0.2) is 17.9 Å². The van der Waals surface area contributed by atoms with E-state index >= 15 is 0 Å². The maximum atomic E-state index is 12.3. The summed E-state index contributed by atoms with van der Waals surface area (Å²) in [5.41, 5.74) is 1.45. The molecule has 0 N–H and O–H groups in total. The summed E-state index contributed by atoms with van der Waals surface area (Å²) in [5.74, 6) is -0.875. The second-order valence-corrected chi connectivity index (χ2v) is 6.85. The summed E-state index contributed by atoms with van der Waals surface area (Å²) in [4.78, 5) is 21.6. The highest BCUT2D eigenvalue weighted by atomic mass is 32.2. The maximum Gasteiger partial charge on any atom is 0.269 e. The Labute approximate surface area is 129 Å². The van der Waals surface area contributed by atoms with E-state index in [0.717, 1.165) is 11.4 Å². The first kappa shape index (κ1) is 16.3. The quantitative estimate of drug-likeness (QED) is 0.788. The fourth-order valence-corrected chi connectivity index (χ4v) is 3.24. The Bertz CT molecular complexity index is 808. The molecule has 2 aromatic rings. The Morgan fingerprint density at radius 3 is 2.45 bits per heavy atom. The highest BCUT2D eigenvalue weighted by Crippen LogP contribution is 2.11. The minimum absolute atomic E-state index is 0.214. The second-order valence-electron chi connectivity index (χ2n) is 4.97. The van der Waals surface area contributed by atoms with Gasteiger partial charge >= 0.3 is 0 Å². The van der Waals surface area contributed by atoms with Gasteiger partial charge in [0.25, 0.3) is 10.9 Å². The van der Waals surface area contributed by atoms with E-state index < -0.39 is 21.5 Å². The van der Waals surface area contributed by atoms with Gasteiger partial charge in [-0.1, -0.05) is 0 Å². The van der Waals surface area contributed by atoms with Gasteiger partial charge in [0.05, 0.1) is 0 Å². The Balaban J connectivity index is 2.38. The lowest BCUT2D eigenvalue weighted by Crippen LogP contribution is -2.35. The lowest BCUT2D eigenvalue weighted by molar-refractivity contribution is -0.128. The second kappa shape index (κ2) is 5.99. The van der Waals surface area contributed by atoms with Crippen molar-refractivity contribution in [2.24, 2.45) is 0 Å². The van der Waals surface area contributed by atoms with Gasteiger partial charge < -0.3 is 4.90 Å². The molecule has 120 valence electrons. The number of carbonyl (C=O) groups is 1. The number of hydrogen-bond donors (Lipinski definition) is 0. The average molecular weight is 325 g/mol. The van der Waals surface area contributed by atoms with Crippen LogP contribution in [-0.2, 0) is 14.6 Å². The van der Waals surface area contributed by atoms with Crippen LogP contribution in [0, 0.1) is 13.8 Å². The van der Waals surface area contributed by atoms with Crippen LogP contribution in [0.5, 0.6) is 0 Å². The van der Waals surface area contributed by atoms with E-state index in [-0.39, 0.29) is 10.9 Å². The molecule has 2 heterocycles. The topological polar surface area (TPSA) is 97.5 Å².